The maximum absolute atomic E-state index is 13.1. The van der Waals surface area contributed by atoms with Crippen molar-refractivity contribution in [2.45, 2.75) is 11.7 Å². The van der Waals surface area contributed by atoms with Gasteiger partial charge in [0.2, 0.25) is 5.44 Å². The van der Waals surface area contributed by atoms with Gasteiger partial charge < -0.3 is 15.6 Å². The summed E-state index contributed by atoms with van der Waals surface area (Å²) in [5.41, 5.74) is 3.28. The molecule has 1 unspecified atom stereocenters. The third-order valence-corrected chi connectivity index (χ3v) is 3.21. The molecule has 1 aliphatic heterocycles. The van der Waals surface area contributed by atoms with Crippen LogP contribution in [0.2, 0.25) is 0 Å². The first-order valence-corrected chi connectivity index (χ1v) is 5.58. The van der Waals surface area contributed by atoms with E-state index >= 15 is 0 Å². The van der Waals surface area contributed by atoms with E-state index in [0.717, 1.165) is 22.5 Å². The number of hydrogen-bond acceptors (Lipinski definition) is 6. The summed E-state index contributed by atoms with van der Waals surface area (Å²) in [7, 11) is 0. The van der Waals surface area contributed by atoms with Crippen LogP contribution in [0.1, 0.15) is 6.23 Å². The van der Waals surface area contributed by atoms with E-state index in [1.54, 1.807) is 0 Å². The van der Waals surface area contributed by atoms with Crippen molar-refractivity contribution in [1.29, 1.82) is 0 Å². The third-order valence-electron chi connectivity index (χ3n) is 2.12. The van der Waals surface area contributed by atoms with Gasteiger partial charge in [0.25, 0.3) is 0 Å². The summed E-state index contributed by atoms with van der Waals surface area (Å²) in [6.07, 6.45) is 0.0105. The fraction of sp³-hybridized carbons (Fsp3) is 0.375. The summed E-state index contributed by atoms with van der Waals surface area (Å²) in [5, 5.41) is 8.70. The van der Waals surface area contributed by atoms with E-state index in [0.29, 0.717) is 0 Å². The highest BCUT2D eigenvalue weighted by Crippen LogP contribution is 2.31. The topological polar surface area (TPSA) is 107 Å². The molecular weight excluding hydrogens is 253 g/mol. The highest BCUT2D eigenvalue weighted by Gasteiger charge is 2.33. The van der Waals surface area contributed by atoms with Crippen molar-refractivity contribution in [1.82, 2.24) is 9.55 Å². The third kappa shape index (κ3) is 2.24. The maximum Gasteiger partial charge on any atom is 0.351 e. The van der Waals surface area contributed by atoms with Gasteiger partial charge in [0, 0.05) is 5.75 Å². The predicted molar refractivity (Wildman–Crippen MR) is 56.9 cm³/mol. The Kier molecular flexibility index (Phi) is 3.03. The number of carboxylic acids is 1. The second kappa shape index (κ2) is 4.34. The standard InChI is InChI=1S/C8H8FN3O4S/c9-3-1-12(8(15)11-5(3)10)4-2-17-7(16-4)6(13)14/h1,4,7H,2H2,(H,13,14)(H2,10,11,15)/t4-,7?/m0/s1. The Morgan fingerprint density at radius 1 is 1.76 bits per heavy atom. The van der Waals surface area contributed by atoms with Crippen molar-refractivity contribution >= 4 is 23.5 Å². The van der Waals surface area contributed by atoms with Crippen LogP contribution in [0, 0.1) is 5.82 Å². The lowest BCUT2D eigenvalue weighted by atomic mass is 10.5. The number of carboxylic acid groups (broad SMARTS) is 1. The van der Waals surface area contributed by atoms with Gasteiger partial charge in [0.05, 0.1) is 6.20 Å². The smallest absolute Gasteiger partial charge is 0.351 e. The molecule has 0 amide bonds. The maximum atomic E-state index is 13.1. The molecule has 0 bridgehead atoms. The molecule has 1 aromatic rings. The molecule has 1 saturated heterocycles. The first kappa shape index (κ1) is 11.9. The number of anilines is 1. The van der Waals surface area contributed by atoms with Crippen LogP contribution in [0.5, 0.6) is 0 Å². The van der Waals surface area contributed by atoms with Crippen LogP contribution < -0.4 is 11.4 Å². The van der Waals surface area contributed by atoms with Crippen molar-refractivity contribution in [2.75, 3.05) is 11.5 Å². The van der Waals surface area contributed by atoms with E-state index in [1.807, 2.05) is 0 Å². The first-order valence-electron chi connectivity index (χ1n) is 4.53. The van der Waals surface area contributed by atoms with Gasteiger partial charge >= 0.3 is 11.7 Å². The fourth-order valence-electron chi connectivity index (χ4n) is 1.33. The lowest BCUT2D eigenvalue weighted by Crippen LogP contribution is -2.30. The number of nitrogens with zero attached hydrogens (tertiary/aromatic N) is 2. The minimum atomic E-state index is -1.14. The van der Waals surface area contributed by atoms with Crippen molar-refractivity contribution in [3.8, 4) is 0 Å². The lowest BCUT2D eigenvalue weighted by Gasteiger charge is -2.12. The zero-order valence-corrected chi connectivity index (χ0v) is 9.19. The van der Waals surface area contributed by atoms with Crippen molar-refractivity contribution < 1.29 is 19.0 Å². The Balaban J connectivity index is 2.28. The molecule has 2 atom stereocenters. The van der Waals surface area contributed by atoms with E-state index < -0.39 is 35.0 Å². The Morgan fingerprint density at radius 2 is 2.47 bits per heavy atom. The average Bonchev–Trinajstić information content (AvgIpc) is 2.72. The second-order valence-electron chi connectivity index (χ2n) is 3.26. The van der Waals surface area contributed by atoms with Crippen molar-refractivity contribution in [3.05, 3.63) is 22.5 Å². The van der Waals surface area contributed by atoms with Gasteiger partial charge in [-0.1, -0.05) is 0 Å². The summed E-state index contributed by atoms with van der Waals surface area (Å²) >= 11 is 1.01. The molecule has 9 heteroatoms. The molecule has 2 rings (SSSR count). The van der Waals surface area contributed by atoms with Crippen LogP contribution in [-0.2, 0) is 9.53 Å². The van der Waals surface area contributed by atoms with Gasteiger partial charge in [-0.05, 0) is 0 Å². The molecule has 1 fully saturated rings. The van der Waals surface area contributed by atoms with Crippen molar-refractivity contribution in [3.63, 3.8) is 0 Å². The molecule has 7 nitrogen and oxygen atoms in total. The van der Waals surface area contributed by atoms with E-state index in [9.17, 15) is 14.0 Å². The van der Waals surface area contributed by atoms with E-state index in [4.69, 9.17) is 15.6 Å². The molecule has 3 N–H and O–H groups in total. The molecule has 1 aliphatic rings. The van der Waals surface area contributed by atoms with Crippen LogP contribution >= 0.6 is 11.8 Å². The van der Waals surface area contributed by atoms with Gasteiger partial charge in [-0.2, -0.15) is 4.98 Å². The quantitative estimate of drug-likeness (QED) is 0.748. The zero-order chi connectivity index (χ0) is 12.6. The van der Waals surface area contributed by atoms with Gasteiger partial charge in [0.1, 0.15) is 6.23 Å². The van der Waals surface area contributed by atoms with Crippen molar-refractivity contribution in [2.24, 2.45) is 0 Å². The van der Waals surface area contributed by atoms with Gasteiger partial charge in [0.15, 0.2) is 11.6 Å². The van der Waals surface area contributed by atoms with Gasteiger partial charge in [-0.3, -0.25) is 4.57 Å². The van der Waals surface area contributed by atoms with Crippen LogP contribution in [0.15, 0.2) is 11.0 Å². The van der Waals surface area contributed by atoms with Crippen LogP contribution in [-0.4, -0.2) is 31.8 Å². The first-order chi connectivity index (χ1) is 7.99. The molecule has 0 aliphatic carbocycles. The molecule has 1 aromatic heterocycles. The summed E-state index contributed by atoms with van der Waals surface area (Å²) in [6.45, 7) is 0. The number of aliphatic carboxylic acids is 1. The van der Waals surface area contributed by atoms with E-state index in [1.165, 1.54) is 0 Å². The molecular formula is C8H8FN3O4S. The highest BCUT2D eigenvalue weighted by molar-refractivity contribution is 8.00. The molecule has 0 saturated carbocycles. The second-order valence-corrected chi connectivity index (χ2v) is 4.35. The highest BCUT2D eigenvalue weighted by atomic mass is 32.2. The summed E-state index contributed by atoms with van der Waals surface area (Å²) in [5.74, 6) is -2.26. The van der Waals surface area contributed by atoms with Crippen LogP contribution in [0.3, 0.4) is 0 Å². The monoisotopic (exact) mass is 261 g/mol. The van der Waals surface area contributed by atoms with Crippen LogP contribution in [0.4, 0.5) is 10.2 Å². The summed E-state index contributed by atoms with van der Waals surface area (Å²) in [6, 6.07) is 0. The molecule has 0 spiro atoms. The Morgan fingerprint density at radius 3 is 3.06 bits per heavy atom. The van der Waals surface area contributed by atoms with Gasteiger partial charge in [-0.25, -0.2) is 14.0 Å². The number of carbonyl (C=O) groups is 1. The Bertz CT molecular complexity index is 520. The summed E-state index contributed by atoms with van der Waals surface area (Å²) < 4.78 is 19.1. The molecule has 0 radical (unpaired) electrons. The Labute approximate surface area is 98.4 Å². The number of thioether (sulfide) groups is 1. The predicted octanol–water partition coefficient (Wildman–Crippen LogP) is -0.363. The SMILES string of the molecule is Nc1nc(=O)n([C@@H]2CSC(C(=O)O)O2)cc1F. The average molecular weight is 261 g/mol. The number of ether oxygens (including phenoxy) is 1. The minimum Gasteiger partial charge on any atom is -0.479 e. The minimum absolute atomic E-state index is 0.224. The molecule has 0 aromatic carbocycles. The van der Waals surface area contributed by atoms with E-state index in [2.05, 4.69) is 4.98 Å². The number of nitrogens with two attached hydrogens (primary N) is 1. The zero-order valence-electron chi connectivity index (χ0n) is 8.37. The number of rotatable bonds is 2. The normalized spacial score (nSPS) is 23.8. The lowest BCUT2D eigenvalue weighted by molar-refractivity contribution is -0.147. The largest absolute Gasteiger partial charge is 0.479 e. The van der Waals surface area contributed by atoms with Gasteiger partial charge in [-0.15, -0.1) is 11.8 Å². The number of aromatic nitrogens is 2. The number of nitrogen functional groups attached to an aromatic ring is 1. The molecule has 2 heterocycles. The molecule has 17 heavy (non-hydrogen) atoms. The molecule has 92 valence electrons. The number of halogens is 1. The number of hydrogen-bond donors (Lipinski definition) is 2. The summed E-state index contributed by atoms with van der Waals surface area (Å²) in [4.78, 5) is 25.3. The van der Waals surface area contributed by atoms with Crippen LogP contribution in [0.25, 0.3) is 0 Å². The Hall–Kier alpha value is -1.61. The van der Waals surface area contributed by atoms with E-state index in [-0.39, 0.29) is 5.75 Å². The fourth-order valence-corrected chi connectivity index (χ4v) is 2.26.